The molecule has 1 N–H and O–H groups in total. The lowest BCUT2D eigenvalue weighted by atomic mass is 10.1. The molecule has 0 aliphatic carbocycles. The molecule has 5 nitrogen and oxygen atoms in total. The van der Waals surface area contributed by atoms with Gasteiger partial charge in [-0.25, -0.2) is 4.98 Å². The van der Waals surface area contributed by atoms with Crippen LogP contribution < -0.4 is 0 Å². The van der Waals surface area contributed by atoms with Crippen LogP contribution in [0.4, 0.5) is 0 Å². The summed E-state index contributed by atoms with van der Waals surface area (Å²) in [6, 6.07) is 11.3. The average molecular weight is 295 g/mol. The van der Waals surface area contributed by atoms with Gasteiger partial charge < -0.3 is 9.63 Å². The first-order valence-corrected chi connectivity index (χ1v) is 7.20. The van der Waals surface area contributed by atoms with Gasteiger partial charge in [0.15, 0.2) is 0 Å². The van der Waals surface area contributed by atoms with Crippen LogP contribution >= 0.6 is 11.3 Å². The maximum Gasteiger partial charge on any atom is 0.262 e. The van der Waals surface area contributed by atoms with E-state index >= 15 is 0 Å². The number of benzene rings is 2. The van der Waals surface area contributed by atoms with Crippen LogP contribution in [0.5, 0.6) is 5.75 Å². The van der Waals surface area contributed by atoms with Crippen LogP contribution in [0.15, 0.2) is 51.8 Å². The van der Waals surface area contributed by atoms with E-state index in [9.17, 15) is 5.11 Å². The SMILES string of the molecule is Oc1c(-c2nc(-c3cscn3)no2)ccc2ccccc12. The molecule has 2 heterocycles. The summed E-state index contributed by atoms with van der Waals surface area (Å²) in [6.07, 6.45) is 0. The molecule has 0 fully saturated rings. The van der Waals surface area contributed by atoms with Crippen molar-refractivity contribution in [3.8, 4) is 28.7 Å². The monoisotopic (exact) mass is 295 g/mol. The number of thiazole rings is 1. The second-order valence-corrected chi connectivity index (χ2v) is 5.20. The maximum atomic E-state index is 10.4. The van der Waals surface area contributed by atoms with Gasteiger partial charge in [0.25, 0.3) is 5.89 Å². The van der Waals surface area contributed by atoms with Crippen LogP contribution in [0.25, 0.3) is 33.7 Å². The van der Waals surface area contributed by atoms with Gasteiger partial charge in [-0.05, 0) is 11.5 Å². The normalized spacial score (nSPS) is 11.0. The van der Waals surface area contributed by atoms with Crippen LogP contribution in [0, 0.1) is 0 Å². The molecule has 6 heteroatoms. The van der Waals surface area contributed by atoms with Crippen molar-refractivity contribution >= 4 is 22.1 Å². The van der Waals surface area contributed by atoms with Gasteiger partial charge in [-0.2, -0.15) is 4.98 Å². The molecule has 0 spiro atoms. The topological polar surface area (TPSA) is 72.0 Å². The highest BCUT2D eigenvalue weighted by Crippen LogP contribution is 2.35. The molecule has 4 aromatic rings. The Kier molecular flexibility index (Phi) is 2.68. The predicted octanol–water partition coefficient (Wildman–Crippen LogP) is 3.72. The van der Waals surface area contributed by atoms with Gasteiger partial charge in [0.2, 0.25) is 5.82 Å². The lowest BCUT2D eigenvalue weighted by Gasteiger charge is -2.04. The summed E-state index contributed by atoms with van der Waals surface area (Å²) in [7, 11) is 0. The van der Waals surface area contributed by atoms with E-state index in [0.29, 0.717) is 17.1 Å². The Morgan fingerprint density at radius 3 is 2.86 bits per heavy atom. The van der Waals surface area contributed by atoms with E-state index in [1.807, 2.05) is 35.7 Å². The van der Waals surface area contributed by atoms with Gasteiger partial charge in [0.1, 0.15) is 11.4 Å². The van der Waals surface area contributed by atoms with Crippen molar-refractivity contribution in [1.82, 2.24) is 15.1 Å². The number of phenolic OH excluding ortho intramolecular Hbond substituents is 1. The molecule has 0 saturated carbocycles. The van der Waals surface area contributed by atoms with Crippen LogP contribution in [0.1, 0.15) is 0 Å². The molecule has 0 aliphatic rings. The highest BCUT2D eigenvalue weighted by molar-refractivity contribution is 7.07. The number of nitrogens with zero attached hydrogens (tertiary/aromatic N) is 3. The predicted molar refractivity (Wildman–Crippen MR) is 80.0 cm³/mol. The first kappa shape index (κ1) is 12.0. The van der Waals surface area contributed by atoms with Crippen molar-refractivity contribution in [2.75, 3.05) is 0 Å². The maximum absolute atomic E-state index is 10.4. The second kappa shape index (κ2) is 4.68. The van der Waals surface area contributed by atoms with Crippen LogP contribution in [0.2, 0.25) is 0 Å². The molecule has 0 saturated heterocycles. The highest BCUT2D eigenvalue weighted by atomic mass is 32.1. The summed E-state index contributed by atoms with van der Waals surface area (Å²) < 4.78 is 5.25. The van der Waals surface area contributed by atoms with E-state index in [2.05, 4.69) is 15.1 Å². The Morgan fingerprint density at radius 1 is 1.10 bits per heavy atom. The number of hydrogen-bond donors (Lipinski definition) is 1. The van der Waals surface area contributed by atoms with Gasteiger partial charge in [-0.3, -0.25) is 0 Å². The minimum absolute atomic E-state index is 0.140. The third-order valence-electron chi connectivity index (χ3n) is 3.22. The summed E-state index contributed by atoms with van der Waals surface area (Å²) in [5, 5.41) is 17.9. The van der Waals surface area contributed by atoms with Gasteiger partial charge in [-0.1, -0.05) is 35.5 Å². The zero-order valence-electron chi connectivity index (χ0n) is 10.7. The molecule has 0 unspecified atom stereocenters. The molecule has 0 aliphatic heterocycles. The minimum Gasteiger partial charge on any atom is -0.506 e. The smallest absolute Gasteiger partial charge is 0.262 e. The van der Waals surface area contributed by atoms with Crippen molar-refractivity contribution in [1.29, 1.82) is 0 Å². The highest BCUT2D eigenvalue weighted by Gasteiger charge is 2.16. The Morgan fingerprint density at radius 2 is 2.00 bits per heavy atom. The molecule has 0 radical (unpaired) electrons. The molecule has 0 atom stereocenters. The van der Waals surface area contributed by atoms with Gasteiger partial charge in [0, 0.05) is 10.8 Å². The van der Waals surface area contributed by atoms with E-state index in [0.717, 1.165) is 10.8 Å². The van der Waals surface area contributed by atoms with Crippen LogP contribution in [-0.4, -0.2) is 20.2 Å². The number of hydrogen-bond acceptors (Lipinski definition) is 6. The largest absolute Gasteiger partial charge is 0.506 e. The minimum atomic E-state index is 0.140. The van der Waals surface area contributed by atoms with Gasteiger partial charge in [-0.15, -0.1) is 11.3 Å². The van der Waals surface area contributed by atoms with E-state index in [1.165, 1.54) is 11.3 Å². The van der Waals surface area contributed by atoms with Gasteiger partial charge >= 0.3 is 0 Å². The standard InChI is InChI=1S/C15H9N3O2S/c19-13-10-4-2-1-3-9(10)5-6-11(13)15-17-14(18-20-15)12-7-21-8-16-12/h1-8,19H. The summed E-state index contributed by atoms with van der Waals surface area (Å²) in [6.45, 7) is 0. The molecule has 4 rings (SSSR count). The number of aromatic nitrogens is 3. The molecule has 0 bridgehead atoms. The zero-order valence-corrected chi connectivity index (χ0v) is 11.5. The molecule has 102 valence electrons. The number of rotatable bonds is 2. The molecule has 2 aromatic heterocycles. The molecular formula is C15H9N3O2S. The summed E-state index contributed by atoms with van der Waals surface area (Å²) in [5.74, 6) is 0.835. The van der Waals surface area contributed by atoms with E-state index in [4.69, 9.17) is 4.52 Å². The molecule has 0 amide bonds. The van der Waals surface area contributed by atoms with Crippen molar-refractivity contribution < 1.29 is 9.63 Å². The first-order valence-electron chi connectivity index (χ1n) is 6.26. The lowest BCUT2D eigenvalue weighted by Crippen LogP contribution is -1.83. The van der Waals surface area contributed by atoms with E-state index < -0.39 is 0 Å². The summed E-state index contributed by atoms with van der Waals surface area (Å²) in [5.41, 5.74) is 2.89. The summed E-state index contributed by atoms with van der Waals surface area (Å²) >= 11 is 1.46. The van der Waals surface area contributed by atoms with Crippen molar-refractivity contribution in [2.24, 2.45) is 0 Å². The number of phenols is 1. The fourth-order valence-electron chi connectivity index (χ4n) is 2.19. The molecule has 2 aromatic carbocycles. The van der Waals surface area contributed by atoms with E-state index in [-0.39, 0.29) is 11.6 Å². The van der Waals surface area contributed by atoms with E-state index in [1.54, 1.807) is 11.6 Å². The fourth-order valence-corrected chi connectivity index (χ4v) is 2.72. The third-order valence-corrected chi connectivity index (χ3v) is 3.80. The number of fused-ring (bicyclic) bond motifs is 1. The molecular weight excluding hydrogens is 286 g/mol. The van der Waals surface area contributed by atoms with Crippen LogP contribution in [-0.2, 0) is 0 Å². The fraction of sp³-hybridized carbons (Fsp3) is 0. The van der Waals surface area contributed by atoms with Crippen molar-refractivity contribution in [3.63, 3.8) is 0 Å². The van der Waals surface area contributed by atoms with Gasteiger partial charge in [0.05, 0.1) is 11.1 Å². The first-order chi connectivity index (χ1) is 10.3. The van der Waals surface area contributed by atoms with Crippen LogP contribution in [0.3, 0.4) is 0 Å². The average Bonchev–Trinajstić information content (AvgIpc) is 3.19. The van der Waals surface area contributed by atoms with Crippen molar-refractivity contribution in [2.45, 2.75) is 0 Å². The van der Waals surface area contributed by atoms with Crippen molar-refractivity contribution in [3.05, 3.63) is 47.3 Å². The number of aromatic hydroxyl groups is 1. The molecule has 21 heavy (non-hydrogen) atoms. The summed E-state index contributed by atoms with van der Waals surface area (Å²) in [4.78, 5) is 8.43. The second-order valence-electron chi connectivity index (χ2n) is 4.48. The lowest BCUT2D eigenvalue weighted by molar-refractivity contribution is 0.426. The Balaban J connectivity index is 1.85. The zero-order chi connectivity index (χ0) is 14.2. The Hall–Kier alpha value is -2.73. The third kappa shape index (κ3) is 1.96. The Labute approximate surface area is 123 Å². The quantitative estimate of drug-likeness (QED) is 0.610. The Bertz CT molecular complexity index is 916.